The molecule has 16 nitrogen and oxygen atoms in total. The highest BCUT2D eigenvalue weighted by Crippen LogP contribution is 2.13. The van der Waals surface area contributed by atoms with E-state index in [1.165, 1.54) is 49.2 Å². The Labute approximate surface area is 305 Å². The van der Waals surface area contributed by atoms with Crippen molar-refractivity contribution in [1.29, 1.82) is 0 Å². The third kappa shape index (κ3) is 11.4. The molecule has 52 heavy (non-hydrogen) atoms. The zero-order chi connectivity index (χ0) is 37.7. The van der Waals surface area contributed by atoms with Crippen LogP contribution in [0.2, 0.25) is 0 Å². The molecule has 276 valence electrons. The first-order valence-corrected chi connectivity index (χ1v) is 17.0. The maximum Gasteiger partial charge on any atom is 0.270 e. The van der Waals surface area contributed by atoms with Crippen LogP contribution in [0.4, 0.5) is 5.82 Å². The molecule has 3 aromatic rings. The van der Waals surface area contributed by atoms with Crippen molar-refractivity contribution >= 4 is 47.5 Å². The van der Waals surface area contributed by atoms with E-state index >= 15 is 0 Å². The lowest BCUT2D eigenvalue weighted by molar-refractivity contribution is -0.134. The first kappa shape index (κ1) is 39.0. The molecule has 0 saturated carbocycles. The maximum absolute atomic E-state index is 13.2. The van der Waals surface area contributed by atoms with E-state index in [9.17, 15) is 24.3 Å². The van der Waals surface area contributed by atoms with Gasteiger partial charge in [0, 0.05) is 29.7 Å². The normalized spacial score (nSPS) is 15.8. The number of hydrogen-bond acceptors (Lipinski definition) is 12. The van der Waals surface area contributed by atoms with Gasteiger partial charge in [-0.3, -0.25) is 19.2 Å². The number of allylic oxidation sites excluding steroid dienone is 1. The SMILES string of the molecule is CCCCOc1cn(OCc2ccccc2)c(CNC(=O)c2ccnc(NC[C@H]3NC(=O)[C@H]3NC(=O)C(N)=C(C=S)NC=NC(C)(C)O)c2)cc1=O. The number of thiocarbonyl (C=S) groups is 1. The number of benzene rings is 1. The van der Waals surface area contributed by atoms with Crippen LogP contribution in [-0.2, 0) is 22.7 Å². The molecular formula is C35H43N9O7S. The average Bonchev–Trinajstić information content (AvgIpc) is 3.13. The number of aliphatic hydroxyl groups is 1. The molecular weight excluding hydrogens is 691 g/mol. The average molecular weight is 734 g/mol. The van der Waals surface area contributed by atoms with Gasteiger partial charge in [0.15, 0.2) is 11.5 Å². The predicted molar refractivity (Wildman–Crippen MR) is 198 cm³/mol. The van der Waals surface area contributed by atoms with E-state index < -0.39 is 35.5 Å². The smallest absolute Gasteiger partial charge is 0.270 e. The number of amides is 3. The van der Waals surface area contributed by atoms with E-state index in [0.29, 0.717) is 18.1 Å². The Hall–Kier alpha value is -5.81. The minimum absolute atomic E-state index is 0.0249. The standard InChI is InChI=1S/C35H43N9O7S/c1-4-5-13-50-28-18-44(51-19-22-9-7-6-8-10-22)24(15-27(28)45)16-39-32(46)23-11-12-37-29(14-23)38-17-25-31(34(48)42-25)43-33(47)30(36)26(20-52)40-21-41-35(2,3)49/h6-12,14-15,18,20-21,25,31,49H,4-5,13,16-17,19,36H2,1-3H3,(H,37,38)(H,39,46)(H,40,41)(H,42,48)(H,43,47)/t25-,31+/m1/s1. The molecule has 17 heteroatoms. The summed E-state index contributed by atoms with van der Waals surface area (Å²) in [6.07, 6.45) is 5.79. The van der Waals surface area contributed by atoms with E-state index in [2.05, 4.69) is 36.6 Å². The van der Waals surface area contributed by atoms with Crippen LogP contribution in [0, 0.1) is 0 Å². The van der Waals surface area contributed by atoms with Crippen molar-refractivity contribution in [3.05, 3.63) is 99.4 Å². The number of nitrogens with zero attached hydrogens (tertiary/aromatic N) is 3. The van der Waals surface area contributed by atoms with Crippen LogP contribution in [0.5, 0.6) is 5.75 Å². The van der Waals surface area contributed by atoms with E-state index in [0.717, 1.165) is 30.1 Å². The number of pyridine rings is 2. The Bertz CT molecular complexity index is 1860. The molecule has 2 atom stereocenters. The van der Waals surface area contributed by atoms with Crippen LogP contribution in [0.15, 0.2) is 82.1 Å². The van der Waals surface area contributed by atoms with Crippen LogP contribution in [0.1, 0.15) is 55.2 Å². The molecule has 3 amide bonds. The molecule has 4 rings (SSSR count). The number of nitrogens with two attached hydrogens (primary N) is 1. The van der Waals surface area contributed by atoms with Gasteiger partial charge in [0.25, 0.3) is 11.8 Å². The fraction of sp³-hybridized carbons (Fsp3) is 0.343. The summed E-state index contributed by atoms with van der Waals surface area (Å²) in [5.74, 6) is -1.10. The highest BCUT2D eigenvalue weighted by atomic mass is 32.1. The largest absolute Gasteiger partial charge is 0.488 e. The zero-order valence-electron chi connectivity index (χ0n) is 29.0. The van der Waals surface area contributed by atoms with Gasteiger partial charge >= 0.3 is 0 Å². The monoisotopic (exact) mass is 733 g/mol. The summed E-state index contributed by atoms with van der Waals surface area (Å²) >= 11 is 4.92. The number of hydrogen-bond donors (Lipinski definition) is 7. The van der Waals surface area contributed by atoms with Crippen LogP contribution < -0.4 is 47.3 Å². The van der Waals surface area contributed by atoms with Gasteiger partial charge in [-0.1, -0.05) is 55.9 Å². The number of β-lactam (4-membered cyclic amide) rings is 1. The van der Waals surface area contributed by atoms with Gasteiger partial charge in [-0.2, -0.15) is 4.73 Å². The number of aromatic nitrogens is 2. The van der Waals surface area contributed by atoms with Crippen molar-refractivity contribution in [3.8, 4) is 5.75 Å². The summed E-state index contributed by atoms with van der Waals surface area (Å²) in [5, 5.41) is 24.7. The summed E-state index contributed by atoms with van der Waals surface area (Å²) in [4.78, 5) is 65.2. The van der Waals surface area contributed by atoms with Gasteiger partial charge in [0.05, 0.1) is 43.1 Å². The molecule has 0 bridgehead atoms. The van der Waals surface area contributed by atoms with Crippen molar-refractivity contribution in [3.63, 3.8) is 0 Å². The summed E-state index contributed by atoms with van der Waals surface area (Å²) in [7, 11) is 0. The van der Waals surface area contributed by atoms with Gasteiger partial charge in [-0.25, -0.2) is 9.98 Å². The summed E-state index contributed by atoms with van der Waals surface area (Å²) in [6.45, 7) is 5.69. The van der Waals surface area contributed by atoms with Crippen LogP contribution in [0.3, 0.4) is 0 Å². The highest BCUT2D eigenvalue weighted by molar-refractivity contribution is 7.79. The lowest BCUT2D eigenvalue weighted by Gasteiger charge is -2.37. The lowest BCUT2D eigenvalue weighted by atomic mass is 9.98. The number of carbonyl (C=O) groups is 3. The topological polar surface area (TPSA) is 223 Å². The van der Waals surface area contributed by atoms with E-state index in [-0.39, 0.29) is 47.8 Å². The number of nitrogens with one attached hydrogen (secondary N) is 5. The Morgan fingerprint density at radius 2 is 1.96 bits per heavy atom. The van der Waals surface area contributed by atoms with Gasteiger partial charge in [-0.15, -0.1) is 0 Å². The number of aliphatic imine (C=N–C) groups is 1. The van der Waals surface area contributed by atoms with E-state index in [1.807, 2.05) is 37.3 Å². The number of rotatable bonds is 19. The molecule has 2 aromatic heterocycles. The second-order valence-electron chi connectivity index (χ2n) is 12.2. The zero-order valence-corrected chi connectivity index (χ0v) is 29.9. The Morgan fingerprint density at radius 3 is 2.65 bits per heavy atom. The van der Waals surface area contributed by atoms with Crippen molar-refractivity contribution in [2.24, 2.45) is 10.7 Å². The minimum atomic E-state index is -1.35. The highest BCUT2D eigenvalue weighted by Gasteiger charge is 2.40. The molecule has 1 fully saturated rings. The Balaban J connectivity index is 1.36. The predicted octanol–water partition coefficient (Wildman–Crippen LogP) is 0.892. The number of carbonyl (C=O) groups excluding carboxylic acids is 3. The van der Waals surface area contributed by atoms with Crippen LogP contribution in [-0.4, -0.2) is 75.2 Å². The molecule has 0 spiro atoms. The molecule has 1 saturated heterocycles. The van der Waals surface area contributed by atoms with E-state index in [1.54, 1.807) is 0 Å². The van der Waals surface area contributed by atoms with Crippen LogP contribution in [0.25, 0.3) is 0 Å². The maximum atomic E-state index is 13.2. The van der Waals surface area contributed by atoms with Gasteiger partial charge in [-0.05, 0) is 38.0 Å². The second-order valence-corrected chi connectivity index (χ2v) is 12.4. The number of ether oxygens (including phenoxy) is 1. The number of anilines is 1. The molecule has 0 aliphatic carbocycles. The lowest BCUT2D eigenvalue weighted by Crippen LogP contribution is -2.71. The molecule has 3 heterocycles. The summed E-state index contributed by atoms with van der Waals surface area (Å²) in [6, 6.07) is 12.5. The molecule has 0 radical (unpaired) electrons. The molecule has 1 aliphatic heterocycles. The third-order valence-electron chi connectivity index (χ3n) is 7.53. The summed E-state index contributed by atoms with van der Waals surface area (Å²) in [5.41, 5.74) is 5.66. The minimum Gasteiger partial charge on any atom is -0.488 e. The van der Waals surface area contributed by atoms with Crippen molar-refractivity contribution in [1.82, 2.24) is 31.0 Å². The molecule has 1 aliphatic rings. The van der Waals surface area contributed by atoms with E-state index in [4.69, 9.17) is 27.5 Å². The summed E-state index contributed by atoms with van der Waals surface area (Å²) < 4.78 is 7.11. The molecule has 0 unspecified atom stereocenters. The van der Waals surface area contributed by atoms with Gasteiger partial charge < -0.3 is 47.0 Å². The molecule has 8 N–H and O–H groups in total. The van der Waals surface area contributed by atoms with Crippen molar-refractivity contribution in [2.75, 3.05) is 18.5 Å². The third-order valence-corrected chi connectivity index (χ3v) is 7.77. The Kier molecular flexibility index (Phi) is 13.8. The van der Waals surface area contributed by atoms with Crippen LogP contribution >= 0.6 is 12.2 Å². The van der Waals surface area contributed by atoms with Crippen molar-refractivity contribution < 1.29 is 29.1 Å². The Morgan fingerprint density at radius 1 is 1.19 bits per heavy atom. The van der Waals surface area contributed by atoms with Gasteiger partial charge in [0.1, 0.15) is 24.2 Å². The fourth-order valence-electron chi connectivity index (χ4n) is 4.65. The first-order chi connectivity index (χ1) is 24.9. The number of unbranched alkanes of at least 4 members (excludes halogenated alkanes) is 1. The second kappa shape index (κ2) is 18.4. The first-order valence-electron chi connectivity index (χ1n) is 16.5. The molecule has 1 aromatic carbocycles. The van der Waals surface area contributed by atoms with Crippen molar-refractivity contribution in [2.45, 2.75) is 64.6 Å². The quantitative estimate of drug-likeness (QED) is 0.0228. The fourth-order valence-corrected chi connectivity index (χ4v) is 4.85. The van der Waals surface area contributed by atoms with Gasteiger partial charge in [0.2, 0.25) is 11.3 Å².